The Labute approximate surface area is 168 Å². The smallest absolute Gasteiger partial charge is 0.257 e. The van der Waals surface area contributed by atoms with Crippen LogP contribution in [0.15, 0.2) is 85.5 Å². The second-order valence-corrected chi connectivity index (χ2v) is 6.37. The highest BCUT2D eigenvalue weighted by atomic mass is 16.5. The third kappa shape index (κ3) is 5.04. The van der Waals surface area contributed by atoms with Crippen LogP contribution in [0.25, 0.3) is 0 Å². The summed E-state index contributed by atoms with van der Waals surface area (Å²) in [6.45, 7) is 0.966. The summed E-state index contributed by atoms with van der Waals surface area (Å²) in [5.41, 5.74) is 2.51. The van der Waals surface area contributed by atoms with Crippen LogP contribution in [-0.4, -0.2) is 25.7 Å². The molecule has 3 heterocycles. The van der Waals surface area contributed by atoms with E-state index in [4.69, 9.17) is 4.74 Å². The average Bonchev–Trinajstić information content (AvgIpc) is 3.20. The Hall–Kier alpha value is -4.00. The van der Waals surface area contributed by atoms with Gasteiger partial charge < -0.3 is 10.1 Å². The van der Waals surface area contributed by atoms with Gasteiger partial charge in [0.2, 0.25) is 5.88 Å². The number of hydrogen-bond donors (Lipinski definition) is 1. The minimum atomic E-state index is -0.274. The highest BCUT2D eigenvalue weighted by Crippen LogP contribution is 2.14. The number of nitrogens with one attached hydrogen (secondary N) is 1. The average molecular weight is 385 g/mol. The molecule has 4 aromatic rings. The number of amides is 1. The van der Waals surface area contributed by atoms with Gasteiger partial charge >= 0.3 is 0 Å². The van der Waals surface area contributed by atoms with E-state index < -0.39 is 0 Å². The topological polar surface area (TPSA) is 81.9 Å². The molecule has 0 unspecified atom stereocenters. The number of hydrogen-bond acceptors (Lipinski definition) is 5. The molecule has 1 N–H and O–H groups in total. The van der Waals surface area contributed by atoms with E-state index >= 15 is 0 Å². The summed E-state index contributed by atoms with van der Waals surface area (Å²) in [5.74, 6) is 0.592. The number of pyridine rings is 2. The van der Waals surface area contributed by atoms with Crippen molar-refractivity contribution in [3.63, 3.8) is 0 Å². The summed E-state index contributed by atoms with van der Waals surface area (Å²) in [4.78, 5) is 20.8. The first-order chi connectivity index (χ1) is 14.3. The maximum Gasteiger partial charge on any atom is 0.257 e. The van der Waals surface area contributed by atoms with E-state index in [2.05, 4.69) is 20.4 Å². The molecule has 4 rings (SSSR count). The maximum atomic E-state index is 12.6. The number of nitrogens with zero attached hydrogens (tertiary/aromatic N) is 4. The van der Waals surface area contributed by atoms with Crippen molar-refractivity contribution in [1.82, 2.24) is 19.7 Å². The molecule has 1 aromatic carbocycles. The first-order valence-electron chi connectivity index (χ1n) is 9.13. The van der Waals surface area contributed by atoms with Crippen molar-refractivity contribution >= 4 is 11.7 Å². The largest absolute Gasteiger partial charge is 0.473 e. The molecule has 7 nitrogen and oxygen atoms in total. The predicted octanol–water partition coefficient (Wildman–Crippen LogP) is 3.55. The molecule has 0 fully saturated rings. The van der Waals surface area contributed by atoms with Gasteiger partial charge in [-0.25, -0.2) is 4.98 Å². The fourth-order valence-electron chi connectivity index (χ4n) is 2.74. The Morgan fingerprint density at radius 2 is 1.86 bits per heavy atom. The molecule has 0 bridgehead atoms. The SMILES string of the molecule is O=C(Nc1ccn(Cc2cccnc2)n1)c1ccnc(OCc2ccccc2)c1. The zero-order valence-corrected chi connectivity index (χ0v) is 15.6. The fourth-order valence-corrected chi connectivity index (χ4v) is 2.74. The van der Waals surface area contributed by atoms with E-state index in [0.717, 1.165) is 11.1 Å². The lowest BCUT2D eigenvalue weighted by Gasteiger charge is -2.07. The molecule has 29 heavy (non-hydrogen) atoms. The van der Waals surface area contributed by atoms with Crippen LogP contribution in [0.3, 0.4) is 0 Å². The Kier molecular flexibility index (Phi) is 5.57. The summed E-state index contributed by atoms with van der Waals surface area (Å²) in [5, 5.41) is 7.18. The first-order valence-corrected chi connectivity index (χ1v) is 9.13. The van der Waals surface area contributed by atoms with Gasteiger partial charge in [-0.05, 0) is 23.3 Å². The zero-order chi connectivity index (χ0) is 19.9. The van der Waals surface area contributed by atoms with E-state index in [0.29, 0.717) is 30.4 Å². The summed E-state index contributed by atoms with van der Waals surface area (Å²) in [6, 6.07) is 18.6. The van der Waals surface area contributed by atoms with Crippen LogP contribution in [-0.2, 0) is 13.2 Å². The predicted molar refractivity (Wildman–Crippen MR) is 109 cm³/mol. The number of aromatic nitrogens is 4. The van der Waals surface area contributed by atoms with Crippen LogP contribution in [0.4, 0.5) is 5.82 Å². The van der Waals surface area contributed by atoms with Crippen molar-refractivity contribution in [2.45, 2.75) is 13.2 Å². The molecule has 0 atom stereocenters. The molecular weight excluding hydrogens is 366 g/mol. The van der Waals surface area contributed by atoms with Gasteiger partial charge in [0, 0.05) is 42.5 Å². The lowest BCUT2D eigenvalue weighted by Crippen LogP contribution is -2.13. The van der Waals surface area contributed by atoms with Crippen LogP contribution in [0.5, 0.6) is 5.88 Å². The molecule has 0 aliphatic rings. The molecule has 7 heteroatoms. The molecule has 0 aliphatic heterocycles. The highest BCUT2D eigenvalue weighted by molar-refractivity contribution is 6.03. The molecular formula is C22H19N5O2. The van der Waals surface area contributed by atoms with Crippen LogP contribution < -0.4 is 10.1 Å². The van der Waals surface area contributed by atoms with Gasteiger partial charge in [-0.3, -0.25) is 14.5 Å². The van der Waals surface area contributed by atoms with Gasteiger partial charge in [0.1, 0.15) is 6.61 Å². The minimum Gasteiger partial charge on any atom is -0.473 e. The van der Waals surface area contributed by atoms with Crippen molar-refractivity contribution < 1.29 is 9.53 Å². The van der Waals surface area contributed by atoms with Crippen LogP contribution in [0.1, 0.15) is 21.5 Å². The normalized spacial score (nSPS) is 10.5. The summed E-state index contributed by atoms with van der Waals surface area (Å²) in [6.07, 6.45) is 6.87. The molecule has 0 spiro atoms. The van der Waals surface area contributed by atoms with Crippen LogP contribution in [0, 0.1) is 0 Å². The fraction of sp³-hybridized carbons (Fsp3) is 0.0909. The van der Waals surface area contributed by atoms with E-state index in [1.807, 2.05) is 48.7 Å². The number of carbonyl (C=O) groups is 1. The van der Waals surface area contributed by atoms with E-state index in [9.17, 15) is 4.79 Å². The molecule has 144 valence electrons. The van der Waals surface area contributed by atoms with Gasteiger partial charge in [0.05, 0.1) is 6.54 Å². The third-order valence-electron chi connectivity index (χ3n) is 4.18. The number of ether oxygens (including phenoxy) is 1. The monoisotopic (exact) mass is 385 g/mol. The number of rotatable bonds is 7. The summed E-state index contributed by atoms with van der Waals surface area (Å²) < 4.78 is 7.43. The number of anilines is 1. The Bertz CT molecular complexity index is 1080. The minimum absolute atomic E-state index is 0.274. The third-order valence-corrected chi connectivity index (χ3v) is 4.18. The number of carbonyl (C=O) groups excluding carboxylic acids is 1. The standard InChI is InChI=1S/C22H19N5O2/c28-22(25-20-9-12-27(26-20)15-18-7-4-10-23-14-18)19-8-11-24-21(13-19)29-16-17-5-2-1-3-6-17/h1-14H,15-16H2,(H,25,26,28). The van der Waals surface area contributed by atoms with Crippen molar-refractivity contribution in [3.8, 4) is 5.88 Å². The Morgan fingerprint density at radius 3 is 2.69 bits per heavy atom. The molecule has 0 radical (unpaired) electrons. The Morgan fingerprint density at radius 1 is 1.00 bits per heavy atom. The van der Waals surface area contributed by atoms with Gasteiger partial charge in [0.25, 0.3) is 5.91 Å². The van der Waals surface area contributed by atoms with Gasteiger partial charge in [-0.2, -0.15) is 5.10 Å². The van der Waals surface area contributed by atoms with Crippen molar-refractivity contribution in [3.05, 3.63) is 102 Å². The zero-order valence-electron chi connectivity index (χ0n) is 15.6. The van der Waals surface area contributed by atoms with Gasteiger partial charge in [0.15, 0.2) is 5.82 Å². The Balaban J connectivity index is 1.37. The molecule has 3 aromatic heterocycles. The van der Waals surface area contributed by atoms with E-state index in [1.54, 1.807) is 41.5 Å². The molecule has 1 amide bonds. The number of benzene rings is 1. The second kappa shape index (κ2) is 8.79. The van der Waals surface area contributed by atoms with Gasteiger partial charge in [-0.1, -0.05) is 36.4 Å². The molecule has 0 saturated heterocycles. The summed E-state index contributed by atoms with van der Waals surface area (Å²) >= 11 is 0. The van der Waals surface area contributed by atoms with Crippen LogP contribution in [0.2, 0.25) is 0 Å². The van der Waals surface area contributed by atoms with Crippen molar-refractivity contribution in [2.24, 2.45) is 0 Å². The maximum absolute atomic E-state index is 12.6. The quantitative estimate of drug-likeness (QED) is 0.526. The molecule has 0 saturated carbocycles. The second-order valence-electron chi connectivity index (χ2n) is 6.37. The van der Waals surface area contributed by atoms with Gasteiger partial charge in [-0.15, -0.1) is 0 Å². The lowest BCUT2D eigenvalue weighted by atomic mass is 10.2. The summed E-state index contributed by atoms with van der Waals surface area (Å²) in [7, 11) is 0. The van der Waals surface area contributed by atoms with Crippen LogP contribution >= 0.6 is 0 Å². The lowest BCUT2D eigenvalue weighted by molar-refractivity contribution is 0.102. The van der Waals surface area contributed by atoms with E-state index in [-0.39, 0.29) is 5.91 Å². The van der Waals surface area contributed by atoms with Crippen molar-refractivity contribution in [1.29, 1.82) is 0 Å². The first kappa shape index (κ1) is 18.4. The van der Waals surface area contributed by atoms with E-state index in [1.165, 1.54) is 0 Å². The highest BCUT2D eigenvalue weighted by Gasteiger charge is 2.10. The molecule has 0 aliphatic carbocycles. The van der Waals surface area contributed by atoms with Crippen molar-refractivity contribution in [2.75, 3.05) is 5.32 Å².